The van der Waals surface area contributed by atoms with Crippen LogP contribution < -0.4 is 4.74 Å². The van der Waals surface area contributed by atoms with Crippen molar-refractivity contribution in [2.75, 3.05) is 13.2 Å². The summed E-state index contributed by atoms with van der Waals surface area (Å²) in [4.78, 5) is 25.5. The molecular weight excluding hydrogens is 258 g/mol. The maximum Gasteiger partial charge on any atom is 0.397 e. The first-order valence-electron chi connectivity index (χ1n) is 6.74. The van der Waals surface area contributed by atoms with Crippen molar-refractivity contribution in [3.63, 3.8) is 0 Å². The van der Waals surface area contributed by atoms with E-state index in [1.54, 1.807) is 4.90 Å². The molecule has 2 heterocycles. The number of hydrogen-bond donors (Lipinski definition) is 0. The first kappa shape index (κ1) is 13.0. The number of benzene rings is 1. The second-order valence-corrected chi connectivity index (χ2v) is 5.77. The van der Waals surface area contributed by atoms with Gasteiger partial charge in [-0.1, -0.05) is 18.2 Å². The van der Waals surface area contributed by atoms with Crippen LogP contribution in [0.4, 0.5) is 0 Å². The largest absolute Gasteiger partial charge is 0.493 e. The van der Waals surface area contributed by atoms with Gasteiger partial charge in [-0.15, -0.1) is 0 Å². The van der Waals surface area contributed by atoms with Crippen molar-refractivity contribution < 1.29 is 19.1 Å². The van der Waals surface area contributed by atoms with Gasteiger partial charge >= 0.3 is 11.9 Å². The molecule has 1 saturated heterocycles. The summed E-state index contributed by atoms with van der Waals surface area (Å²) >= 11 is 0. The standard InChI is InChI=1S/C15H17NO4/c1-15(2)9-16(13(17)14(18)20-15)11-7-8-19-12-6-4-3-5-10(11)12/h3-6,11H,7-9H2,1-2H3/t11-/m0/s1. The first-order chi connectivity index (χ1) is 9.48. The SMILES string of the molecule is CC1(C)CN([C@H]2CCOc3ccccc32)C(=O)C(=O)O1. The molecule has 0 N–H and O–H groups in total. The van der Waals surface area contributed by atoms with E-state index >= 15 is 0 Å². The lowest BCUT2D eigenvalue weighted by Crippen LogP contribution is -2.55. The average Bonchev–Trinajstić information content (AvgIpc) is 2.42. The third-order valence-electron chi connectivity index (χ3n) is 3.66. The van der Waals surface area contributed by atoms with Crippen LogP contribution in [0.5, 0.6) is 5.75 Å². The molecule has 5 nitrogen and oxygen atoms in total. The number of para-hydroxylation sites is 1. The third-order valence-corrected chi connectivity index (χ3v) is 3.66. The van der Waals surface area contributed by atoms with E-state index in [9.17, 15) is 9.59 Å². The second-order valence-electron chi connectivity index (χ2n) is 5.77. The minimum absolute atomic E-state index is 0.125. The zero-order valence-corrected chi connectivity index (χ0v) is 11.6. The predicted octanol–water partition coefficient (Wildman–Crippen LogP) is 1.67. The van der Waals surface area contributed by atoms with Crippen LogP contribution in [0, 0.1) is 0 Å². The van der Waals surface area contributed by atoms with Gasteiger partial charge in [0.25, 0.3) is 0 Å². The molecule has 2 aliphatic heterocycles. The highest BCUT2D eigenvalue weighted by Gasteiger charge is 2.43. The number of fused-ring (bicyclic) bond motifs is 1. The van der Waals surface area contributed by atoms with Gasteiger partial charge in [-0.3, -0.25) is 4.79 Å². The Hall–Kier alpha value is -2.04. The van der Waals surface area contributed by atoms with Gasteiger partial charge in [-0.25, -0.2) is 4.79 Å². The molecule has 20 heavy (non-hydrogen) atoms. The Bertz CT molecular complexity index is 567. The molecule has 0 spiro atoms. The molecule has 2 aliphatic rings. The van der Waals surface area contributed by atoms with E-state index < -0.39 is 17.5 Å². The van der Waals surface area contributed by atoms with E-state index in [-0.39, 0.29) is 6.04 Å². The van der Waals surface area contributed by atoms with E-state index in [2.05, 4.69) is 0 Å². The maximum atomic E-state index is 12.1. The van der Waals surface area contributed by atoms with Crippen LogP contribution in [-0.2, 0) is 14.3 Å². The highest BCUT2D eigenvalue weighted by atomic mass is 16.6. The Kier molecular flexibility index (Phi) is 2.92. The fourth-order valence-corrected chi connectivity index (χ4v) is 2.82. The quantitative estimate of drug-likeness (QED) is 0.578. The molecule has 106 valence electrons. The summed E-state index contributed by atoms with van der Waals surface area (Å²) in [6.45, 7) is 4.57. The summed E-state index contributed by atoms with van der Waals surface area (Å²) in [5, 5.41) is 0. The van der Waals surface area contributed by atoms with Crippen LogP contribution >= 0.6 is 0 Å². The molecule has 1 aromatic rings. The Balaban J connectivity index is 1.96. The lowest BCUT2D eigenvalue weighted by molar-refractivity contribution is -0.183. The monoisotopic (exact) mass is 275 g/mol. The zero-order valence-electron chi connectivity index (χ0n) is 11.6. The van der Waals surface area contributed by atoms with Crippen molar-refractivity contribution in [2.45, 2.75) is 31.9 Å². The lowest BCUT2D eigenvalue weighted by atomic mass is 9.96. The summed E-state index contributed by atoms with van der Waals surface area (Å²) in [6, 6.07) is 7.52. The topological polar surface area (TPSA) is 55.8 Å². The Morgan fingerprint density at radius 2 is 2.00 bits per heavy atom. The molecule has 1 aromatic carbocycles. The average molecular weight is 275 g/mol. The number of rotatable bonds is 1. The molecule has 0 saturated carbocycles. The third kappa shape index (κ3) is 2.13. The molecule has 5 heteroatoms. The van der Waals surface area contributed by atoms with E-state index in [1.807, 2.05) is 38.1 Å². The van der Waals surface area contributed by atoms with Crippen molar-refractivity contribution in [1.82, 2.24) is 4.90 Å². The number of ether oxygens (including phenoxy) is 2. The molecular formula is C15H17NO4. The number of nitrogens with zero attached hydrogens (tertiary/aromatic N) is 1. The van der Waals surface area contributed by atoms with Gasteiger partial charge in [-0.05, 0) is 19.9 Å². The fourth-order valence-electron chi connectivity index (χ4n) is 2.82. The minimum Gasteiger partial charge on any atom is -0.493 e. The first-order valence-corrected chi connectivity index (χ1v) is 6.74. The normalized spacial score (nSPS) is 24.7. The number of morpholine rings is 1. The number of carbonyl (C=O) groups excluding carboxylic acids is 2. The van der Waals surface area contributed by atoms with Crippen molar-refractivity contribution >= 4 is 11.9 Å². The van der Waals surface area contributed by atoms with Gasteiger partial charge in [-0.2, -0.15) is 0 Å². The highest BCUT2D eigenvalue weighted by molar-refractivity contribution is 6.33. The van der Waals surface area contributed by atoms with Crippen LogP contribution in [0.2, 0.25) is 0 Å². The van der Waals surface area contributed by atoms with Gasteiger partial charge in [0.1, 0.15) is 11.4 Å². The second kappa shape index (κ2) is 4.51. The highest BCUT2D eigenvalue weighted by Crippen LogP contribution is 2.37. The maximum absolute atomic E-state index is 12.1. The lowest BCUT2D eigenvalue weighted by Gasteiger charge is -2.42. The molecule has 1 atom stereocenters. The van der Waals surface area contributed by atoms with Gasteiger partial charge in [0.2, 0.25) is 0 Å². The zero-order chi connectivity index (χ0) is 14.3. The van der Waals surface area contributed by atoms with Crippen molar-refractivity contribution in [3.8, 4) is 5.75 Å². The molecule has 1 amide bonds. The molecule has 1 fully saturated rings. The van der Waals surface area contributed by atoms with Gasteiger partial charge < -0.3 is 14.4 Å². The summed E-state index contributed by atoms with van der Waals surface area (Å²) < 4.78 is 10.7. The van der Waals surface area contributed by atoms with Crippen molar-refractivity contribution in [3.05, 3.63) is 29.8 Å². The van der Waals surface area contributed by atoms with Crippen molar-refractivity contribution in [2.24, 2.45) is 0 Å². The Morgan fingerprint density at radius 1 is 1.25 bits per heavy atom. The van der Waals surface area contributed by atoms with Gasteiger partial charge in [0, 0.05) is 12.0 Å². The fraction of sp³-hybridized carbons (Fsp3) is 0.467. The summed E-state index contributed by atoms with van der Waals surface area (Å²) in [7, 11) is 0. The number of amides is 1. The van der Waals surface area contributed by atoms with Crippen LogP contribution in [-0.4, -0.2) is 35.5 Å². The number of carbonyl (C=O) groups is 2. The predicted molar refractivity (Wildman–Crippen MR) is 71.2 cm³/mol. The summed E-state index contributed by atoms with van der Waals surface area (Å²) in [5.74, 6) is -0.551. The van der Waals surface area contributed by atoms with Crippen LogP contribution in [0.1, 0.15) is 31.9 Å². The molecule has 0 unspecified atom stereocenters. The number of esters is 1. The minimum atomic E-state index is -0.773. The van der Waals surface area contributed by atoms with Gasteiger partial charge in [0.05, 0.1) is 19.2 Å². The molecule has 0 radical (unpaired) electrons. The van der Waals surface area contributed by atoms with Crippen LogP contribution in [0.3, 0.4) is 0 Å². The summed E-state index contributed by atoms with van der Waals surface area (Å²) in [5.41, 5.74) is 0.302. The molecule has 0 aromatic heterocycles. The Labute approximate surface area is 117 Å². The Morgan fingerprint density at radius 3 is 2.80 bits per heavy atom. The van der Waals surface area contributed by atoms with Crippen LogP contribution in [0.25, 0.3) is 0 Å². The molecule has 0 bridgehead atoms. The van der Waals surface area contributed by atoms with E-state index in [0.717, 1.165) is 11.3 Å². The summed E-state index contributed by atoms with van der Waals surface area (Å²) in [6.07, 6.45) is 0.687. The van der Waals surface area contributed by atoms with E-state index in [1.165, 1.54) is 0 Å². The smallest absolute Gasteiger partial charge is 0.397 e. The van der Waals surface area contributed by atoms with E-state index in [0.29, 0.717) is 19.6 Å². The number of hydrogen-bond acceptors (Lipinski definition) is 4. The van der Waals surface area contributed by atoms with Gasteiger partial charge in [0.15, 0.2) is 0 Å². The number of cyclic esters (lactones) is 1. The molecule has 3 rings (SSSR count). The molecule has 0 aliphatic carbocycles. The van der Waals surface area contributed by atoms with Crippen molar-refractivity contribution in [1.29, 1.82) is 0 Å². The van der Waals surface area contributed by atoms with Crippen LogP contribution in [0.15, 0.2) is 24.3 Å². The van der Waals surface area contributed by atoms with E-state index in [4.69, 9.17) is 9.47 Å².